The lowest BCUT2D eigenvalue weighted by Crippen LogP contribution is -2.41. The summed E-state index contributed by atoms with van der Waals surface area (Å²) >= 11 is 1.46. The van der Waals surface area contributed by atoms with Crippen LogP contribution in [0.2, 0.25) is 0 Å². The number of benzene rings is 1. The van der Waals surface area contributed by atoms with Crippen molar-refractivity contribution < 1.29 is 4.79 Å². The van der Waals surface area contributed by atoms with Crippen molar-refractivity contribution in [2.24, 2.45) is 5.92 Å². The van der Waals surface area contributed by atoms with Gasteiger partial charge >= 0.3 is 0 Å². The van der Waals surface area contributed by atoms with E-state index in [1.54, 1.807) is 6.07 Å². The standard InChI is InChI=1S/C26H34N6O2S/c1-2-6-22-17-23(33)32-25(28-22)35-26(29-32)31-15-10-20(11-16-31)24(34)27-12-5-13-30-14-9-19-7-3-4-8-21(19)18-30/h3-4,7-8,17,20H,2,5-6,9-16,18H2,1H3,(H,27,34). The highest BCUT2D eigenvalue weighted by Crippen LogP contribution is 2.27. The average molecular weight is 495 g/mol. The van der Waals surface area contributed by atoms with E-state index in [9.17, 15) is 9.59 Å². The Bertz CT molecular complexity index is 1230. The Labute approximate surface area is 210 Å². The van der Waals surface area contributed by atoms with E-state index in [4.69, 9.17) is 0 Å². The Morgan fingerprint density at radius 3 is 2.77 bits per heavy atom. The van der Waals surface area contributed by atoms with Gasteiger partial charge < -0.3 is 10.2 Å². The summed E-state index contributed by atoms with van der Waals surface area (Å²) in [5.74, 6) is 0.208. The number of fused-ring (bicyclic) bond motifs is 2. The smallest absolute Gasteiger partial charge is 0.275 e. The first-order valence-corrected chi connectivity index (χ1v) is 13.6. The first-order valence-electron chi connectivity index (χ1n) is 12.8. The van der Waals surface area contributed by atoms with E-state index in [1.807, 2.05) is 0 Å². The van der Waals surface area contributed by atoms with Crippen LogP contribution >= 0.6 is 11.3 Å². The highest BCUT2D eigenvalue weighted by Gasteiger charge is 2.27. The SMILES string of the molecule is CCCc1cc(=O)n2nc(N3CCC(C(=O)NCCCN4CCc5ccccc5C4)CC3)sc2n1. The van der Waals surface area contributed by atoms with Gasteiger partial charge in [0.05, 0.1) is 0 Å². The molecule has 3 aromatic rings. The van der Waals surface area contributed by atoms with Crippen molar-refractivity contribution in [2.45, 2.75) is 52.0 Å². The third-order valence-electron chi connectivity index (χ3n) is 7.09. The fourth-order valence-electron chi connectivity index (χ4n) is 5.09. The zero-order valence-electron chi connectivity index (χ0n) is 20.4. The van der Waals surface area contributed by atoms with Crippen LogP contribution in [0.1, 0.15) is 49.4 Å². The molecular weight excluding hydrogens is 460 g/mol. The number of carbonyl (C=O) groups is 1. The van der Waals surface area contributed by atoms with E-state index in [1.165, 1.54) is 27.0 Å². The fraction of sp³-hybridized carbons (Fsp3) is 0.538. The Hall–Kier alpha value is -2.78. The molecule has 0 spiro atoms. The minimum absolute atomic E-state index is 0.0412. The average Bonchev–Trinajstić information content (AvgIpc) is 3.32. The Kier molecular flexibility index (Phi) is 7.43. The molecule has 0 radical (unpaired) electrons. The number of aromatic nitrogens is 3. The molecule has 0 unspecified atom stereocenters. The number of hydrogen-bond acceptors (Lipinski definition) is 7. The zero-order valence-corrected chi connectivity index (χ0v) is 21.2. The van der Waals surface area contributed by atoms with Gasteiger partial charge in [-0.3, -0.25) is 14.5 Å². The molecule has 0 saturated carbocycles. The molecule has 1 aromatic carbocycles. The topological polar surface area (TPSA) is 82.8 Å². The predicted molar refractivity (Wildman–Crippen MR) is 139 cm³/mol. The van der Waals surface area contributed by atoms with Crippen molar-refractivity contribution in [1.82, 2.24) is 24.8 Å². The summed E-state index contributed by atoms with van der Waals surface area (Å²) in [6.07, 6.45) is 5.44. The van der Waals surface area contributed by atoms with E-state index < -0.39 is 0 Å². The fourth-order valence-corrected chi connectivity index (χ4v) is 6.07. The van der Waals surface area contributed by atoms with Crippen LogP contribution in [0.15, 0.2) is 35.1 Å². The molecule has 8 nitrogen and oxygen atoms in total. The monoisotopic (exact) mass is 494 g/mol. The van der Waals surface area contributed by atoms with Crippen molar-refractivity contribution >= 4 is 27.3 Å². The van der Waals surface area contributed by atoms with Gasteiger partial charge in [-0.25, -0.2) is 4.98 Å². The normalized spacial score (nSPS) is 17.0. The first kappa shape index (κ1) is 23.9. The molecule has 9 heteroatoms. The molecule has 5 rings (SSSR count). The second kappa shape index (κ2) is 10.9. The van der Waals surface area contributed by atoms with Crippen LogP contribution in [-0.2, 0) is 24.2 Å². The summed E-state index contributed by atoms with van der Waals surface area (Å²) in [6.45, 7) is 7.45. The van der Waals surface area contributed by atoms with Gasteiger partial charge in [0.25, 0.3) is 5.56 Å². The van der Waals surface area contributed by atoms with E-state index in [0.717, 1.165) is 88.6 Å². The predicted octanol–water partition coefficient (Wildman–Crippen LogP) is 2.88. The molecule has 2 aliphatic rings. The molecule has 1 N–H and O–H groups in total. The molecule has 1 saturated heterocycles. The van der Waals surface area contributed by atoms with E-state index in [0.29, 0.717) is 4.96 Å². The lowest BCUT2D eigenvalue weighted by Gasteiger charge is -2.31. The largest absolute Gasteiger partial charge is 0.356 e. The quantitative estimate of drug-likeness (QED) is 0.485. The van der Waals surface area contributed by atoms with E-state index >= 15 is 0 Å². The summed E-state index contributed by atoms with van der Waals surface area (Å²) < 4.78 is 1.40. The van der Waals surface area contributed by atoms with Gasteiger partial charge in [0, 0.05) is 56.9 Å². The second-order valence-electron chi connectivity index (χ2n) is 9.62. The van der Waals surface area contributed by atoms with E-state index in [2.05, 4.69) is 56.4 Å². The third-order valence-corrected chi connectivity index (χ3v) is 8.06. The molecule has 2 aromatic heterocycles. The second-order valence-corrected chi connectivity index (χ2v) is 10.5. The number of aryl methyl sites for hydroxylation is 1. The summed E-state index contributed by atoms with van der Waals surface area (Å²) in [4.78, 5) is 35.0. The number of anilines is 1. The Morgan fingerprint density at radius 2 is 1.97 bits per heavy atom. The molecule has 0 bridgehead atoms. The van der Waals surface area contributed by atoms with Gasteiger partial charge in [0.2, 0.25) is 16.0 Å². The number of amides is 1. The van der Waals surface area contributed by atoms with Crippen molar-refractivity contribution in [1.29, 1.82) is 0 Å². The lowest BCUT2D eigenvalue weighted by molar-refractivity contribution is -0.125. The highest BCUT2D eigenvalue weighted by atomic mass is 32.1. The maximum atomic E-state index is 12.7. The van der Waals surface area contributed by atoms with Crippen LogP contribution in [0.3, 0.4) is 0 Å². The molecule has 1 fully saturated rings. The minimum Gasteiger partial charge on any atom is -0.356 e. The Morgan fingerprint density at radius 1 is 1.17 bits per heavy atom. The van der Waals surface area contributed by atoms with E-state index in [-0.39, 0.29) is 17.4 Å². The van der Waals surface area contributed by atoms with Crippen LogP contribution in [0.5, 0.6) is 0 Å². The minimum atomic E-state index is -0.121. The van der Waals surface area contributed by atoms with Gasteiger partial charge in [-0.1, -0.05) is 48.9 Å². The van der Waals surface area contributed by atoms with Gasteiger partial charge in [0.1, 0.15) is 0 Å². The number of carbonyl (C=O) groups excluding carboxylic acids is 1. The number of nitrogens with one attached hydrogen (secondary N) is 1. The zero-order chi connectivity index (χ0) is 24.2. The number of hydrogen-bond donors (Lipinski definition) is 1. The third kappa shape index (κ3) is 5.56. The molecule has 0 atom stereocenters. The summed E-state index contributed by atoms with van der Waals surface area (Å²) in [5.41, 5.74) is 3.61. The van der Waals surface area contributed by atoms with Gasteiger partial charge in [-0.2, -0.15) is 4.52 Å². The van der Waals surface area contributed by atoms with Crippen LogP contribution in [0.25, 0.3) is 4.96 Å². The van der Waals surface area contributed by atoms with Crippen LogP contribution in [0, 0.1) is 5.92 Å². The maximum Gasteiger partial charge on any atom is 0.275 e. The summed E-state index contributed by atoms with van der Waals surface area (Å²) in [6, 6.07) is 10.3. The van der Waals surface area contributed by atoms with Gasteiger partial charge in [-0.05, 0) is 43.2 Å². The van der Waals surface area contributed by atoms with Crippen molar-refractivity contribution in [3.63, 3.8) is 0 Å². The summed E-state index contributed by atoms with van der Waals surface area (Å²) in [7, 11) is 0. The molecule has 186 valence electrons. The molecular formula is C26H34N6O2S. The number of nitrogens with zero attached hydrogens (tertiary/aromatic N) is 5. The summed E-state index contributed by atoms with van der Waals surface area (Å²) in [5, 5.41) is 8.48. The van der Waals surface area contributed by atoms with Crippen LogP contribution in [-0.4, -0.2) is 58.1 Å². The van der Waals surface area contributed by atoms with Crippen LogP contribution in [0.4, 0.5) is 5.13 Å². The van der Waals surface area contributed by atoms with Crippen molar-refractivity contribution in [2.75, 3.05) is 37.6 Å². The highest BCUT2D eigenvalue weighted by molar-refractivity contribution is 7.20. The lowest BCUT2D eigenvalue weighted by atomic mass is 9.96. The van der Waals surface area contributed by atoms with Gasteiger partial charge in [-0.15, -0.1) is 5.10 Å². The molecule has 0 aliphatic carbocycles. The first-order chi connectivity index (χ1) is 17.1. The van der Waals surface area contributed by atoms with Gasteiger partial charge in [0.15, 0.2) is 0 Å². The van der Waals surface area contributed by atoms with Crippen molar-refractivity contribution in [3.05, 3.63) is 57.5 Å². The Balaban J connectivity index is 1.06. The number of rotatable bonds is 8. The molecule has 1 amide bonds. The number of piperidine rings is 1. The maximum absolute atomic E-state index is 12.7. The molecule has 2 aliphatic heterocycles. The van der Waals surface area contributed by atoms with Crippen LogP contribution < -0.4 is 15.8 Å². The molecule has 4 heterocycles. The van der Waals surface area contributed by atoms with Crippen molar-refractivity contribution in [3.8, 4) is 0 Å². The molecule has 35 heavy (non-hydrogen) atoms.